The van der Waals surface area contributed by atoms with E-state index in [2.05, 4.69) is 0 Å². The van der Waals surface area contributed by atoms with Crippen molar-refractivity contribution in [2.45, 2.75) is 25.4 Å². The molecule has 142 valence electrons. The Morgan fingerprint density at radius 3 is 2.48 bits per heavy atom. The molecule has 1 amide bonds. The number of amides is 1. The SMILES string of the molecule is CC(=O)CC1(O)C(=O)N(CCCOc2ccccc2)c2c(Cl)ccc(Cl)c21. The van der Waals surface area contributed by atoms with Crippen molar-refractivity contribution in [2.24, 2.45) is 0 Å². The summed E-state index contributed by atoms with van der Waals surface area (Å²) in [5.74, 6) is -0.177. The van der Waals surface area contributed by atoms with Crippen LogP contribution >= 0.6 is 23.2 Å². The molecule has 0 radical (unpaired) electrons. The van der Waals surface area contributed by atoms with Gasteiger partial charge in [-0.1, -0.05) is 41.4 Å². The molecule has 0 aliphatic carbocycles. The van der Waals surface area contributed by atoms with Gasteiger partial charge in [-0.25, -0.2) is 0 Å². The molecule has 0 saturated heterocycles. The van der Waals surface area contributed by atoms with Gasteiger partial charge in [-0.15, -0.1) is 0 Å². The first-order valence-electron chi connectivity index (χ1n) is 8.54. The first kappa shape index (κ1) is 19.7. The number of benzene rings is 2. The Bertz CT molecular complexity index is 872. The fraction of sp³-hybridized carbons (Fsp3) is 0.300. The second-order valence-electron chi connectivity index (χ2n) is 6.46. The maximum Gasteiger partial charge on any atom is 0.264 e. The summed E-state index contributed by atoms with van der Waals surface area (Å²) in [6, 6.07) is 12.4. The summed E-state index contributed by atoms with van der Waals surface area (Å²) in [6.07, 6.45) is 0.162. The molecule has 1 unspecified atom stereocenters. The van der Waals surface area contributed by atoms with Crippen molar-refractivity contribution >= 4 is 40.6 Å². The third-order valence-corrected chi connectivity index (χ3v) is 5.02. The van der Waals surface area contributed by atoms with E-state index in [0.29, 0.717) is 23.7 Å². The molecule has 1 aliphatic rings. The first-order valence-corrected chi connectivity index (χ1v) is 9.30. The van der Waals surface area contributed by atoms with Crippen LogP contribution in [0.2, 0.25) is 10.0 Å². The molecular formula is C20H19Cl2NO4. The molecule has 1 heterocycles. The minimum absolute atomic E-state index is 0.195. The number of hydrogen-bond acceptors (Lipinski definition) is 4. The highest BCUT2D eigenvalue weighted by atomic mass is 35.5. The van der Waals surface area contributed by atoms with E-state index in [1.54, 1.807) is 6.07 Å². The Morgan fingerprint density at radius 1 is 1.15 bits per heavy atom. The fourth-order valence-corrected chi connectivity index (χ4v) is 3.87. The summed E-state index contributed by atoms with van der Waals surface area (Å²) in [5.41, 5.74) is -1.44. The number of hydrogen-bond donors (Lipinski definition) is 1. The van der Waals surface area contributed by atoms with Crippen LogP contribution in [0, 0.1) is 0 Å². The number of para-hydroxylation sites is 1. The number of ketones is 1. The van der Waals surface area contributed by atoms with Gasteiger partial charge in [0.25, 0.3) is 5.91 Å². The van der Waals surface area contributed by atoms with E-state index in [0.717, 1.165) is 5.75 Å². The van der Waals surface area contributed by atoms with Crippen LogP contribution in [0.5, 0.6) is 5.75 Å². The number of ether oxygens (including phenoxy) is 1. The Morgan fingerprint density at radius 2 is 1.81 bits per heavy atom. The molecule has 3 rings (SSSR count). The van der Waals surface area contributed by atoms with Crippen LogP contribution in [0.15, 0.2) is 42.5 Å². The van der Waals surface area contributed by atoms with Crippen molar-refractivity contribution in [2.75, 3.05) is 18.1 Å². The summed E-state index contributed by atoms with van der Waals surface area (Å²) in [7, 11) is 0. The van der Waals surface area contributed by atoms with Gasteiger partial charge in [-0.05, 0) is 37.6 Å². The van der Waals surface area contributed by atoms with Gasteiger partial charge >= 0.3 is 0 Å². The second-order valence-corrected chi connectivity index (χ2v) is 7.28. The number of rotatable bonds is 7. The van der Waals surface area contributed by atoms with Crippen LogP contribution in [0.25, 0.3) is 0 Å². The molecule has 0 spiro atoms. The van der Waals surface area contributed by atoms with Crippen molar-refractivity contribution in [3.05, 3.63) is 58.1 Å². The van der Waals surface area contributed by atoms with E-state index in [1.165, 1.54) is 17.9 Å². The molecule has 27 heavy (non-hydrogen) atoms. The zero-order valence-electron chi connectivity index (χ0n) is 14.7. The van der Waals surface area contributed by atoms with Gasteiger partial charge in [-0.3, -0.25) is 9.59 Å². The number of aliphatic hydroxyl groups is 1. The average molecular weight is 408 g/mol. The van der Waals surface area contributed by atoms with Crippen molar-refractivity contribution in [1.82, 2.24) is 0 Å². The van der Waals surface area contributed by atoms with Gasteiger partial charge in [0.05, 0.1) is 17.3 Å². The van der Waals surface area contributed by atoms with Crippen LogP contribution in [-0.4, -0.2) is 29.9 Å². The summed E-state index contributed by atoms with van der Waals surface area (Å²) in [4.78, 5) is 26.0. The zero-order chi connectivity index (χ0) is 19.6. The highest BCUT2D eigenvalue weighted by Gasteiger charge is 2.52. The summed E-state index contributed by atoms with van der Waals surface area (Å²) >= 11 is 12.5. The van der Waals surface area contributed by atoms with Gasteiger partial charge in [0, 0.05) is 23.6 Å². The second kappa shape index (κ2) is 7.89. The Labute approximate surface area is 167 Å². The molecule has 1 atom stereocenters. The summed E-state index contributed by atoms with van der Waals surface area (Å²) < 4.78 is 5.65. The number of carbonyl (C=O) groups excluding carboxylic acids is 2. The largest absolute Gasteiger partial charge is 0.494 e. The van der Waals surface area contributed by atoms with E-state index in [9.17, 15) is 14.7 Å². The number of fused-ring (bicyclic) bond motifs is 1. The molecule has 0 bridgehead atoms. The van der Waals surface area contributed by atoms with Crippen molar-refractivity contribution in [1.29, 1.82) is 0 Å². The quantitative estimate of drug-likeness (QED) is 0.704. The van der Waals surface area contributed by atoms with Crippen LogP contribution in [0.3, 0.4) is 0 Å². The van der Waals surface area contributed by atoms with Gasteiger partial charge in [0.2, 0.25) is 0 Å². The van der Waals surface area contributed by atoms with Crippen LogP contribution < -0.4 is 9.64 Å². The normalized spacial score (nSPS) is 18.5. The number of Topliss-reactive ketones (excluding diaryl/α,β-unsaturated/α-hetero) is 1. The van der Waals surface area contributed by atoms with E-state index >= 15 is 0 Å². The number of anilines is 1. The number of carbonyl (C=O) groups is 2. The molecule has 1 aliphatic heterocycles. The van der Waals surface area contributed by atoms with Gasteiger partial charge in [-0.2, -0.15) is 0 Å². The minimum Gasteiger partial charge on any atom is -0.494 e. The molecular weight excluding hydrogens is 389 g/mol. The topological polar surface area (TPSA) is 66.8 Å². The number of nitrogens with zero attached hydrogens (tertiary/aromatic N) is 1. The molecule has 0 saturated carbocycles. The smallest absolute Gasteiger partial charge is 0.264 e. The lowest BCUT2D eigenvalue weighted by Gasteiger charge is -2.22. The zero-order valence-corrected chi connectivity index (χ0v) is 16.3. The van der Waals surface area contributed by atoms with E-state index < -0.39 is 11.5 Å². The molecule has 5 nitrogen and oxygen atoms in total. The standard InChI is InChI=1S/C20H19Cl2NO4/c1-13(24)12-20(26)17-15(21)8-9-16(22)18(17)23(19(20)25)10-5-11-27-14-6-3-2-4-7-14/h2-4,6-9,26H,5,10-12H2,1H3. The highest BCUT2D eigenvalue weighted by Crippen LogP contribution is 2.49. The van der Waals surface area contributed by atoms with Gasteiger partial charge < -0.3 is 14.7 Å². The van der Waals surface area contributed by atoms with E-state index in [-0.39, 0.29) is 29.3 Å². The number of halogens is 2. The van der Waals surface area contributed by atoms with Crippen LogP contribution in [-0.2, 0) is 15.2 Å². The molecule has 0 fully saturated rings. The molecule has 1 N–H and O–H groups in total. The van der Waals surface area contributed by atoms with Gasteiger partial charge in [0.15, 0.2) is 5.60 Å². The van der Waals surface area contributed by atoms with E-state index in [1.807, 2.05) is 30.3 Å². The van der Waals surface area contributed by atoms with E-state index in [4.69, 9.17) is 27.9 Å². The average Bonchev–Trinajstić information content (AvgIpc) is 2.84. The fourth-order valence-electron chi connectivity index (χ4n) is 3.30. The predicted octanol–water partition coefficient (Wildman–Crippen LogP) is 3.98. The molecule has 0 aromatic heterocycles. The first-order chi connectivity index (χ1) is 12.8. The van der Waals surface area contributed by atoms with Crippen LogP contribution in [0.1, 0.15) is 25.3 Å². The lowest BCUT2D eigenvalue weighted by molar-refractivity contribution is -0.141. The molecule has 2 aromatic carbocycles. The summed E-state index contributed by atoms with van der Waals surface area (Å²) in [5, 5.41) is 11.5. The Balaban J connectivity index is 1.81. The van der Waals surface area contributed by atoms with Gasteiger partial charge in [0.1, 0.15) is 11.5 Å². The lowest BCUT2D eigenvalue weighted by Crippen LogP contribution is -2.42. The minimum atomic E-state index is -2.00. The Kier molecular flexibility index (Phi) is 5.75. The van der Waals surface area contributed by atoms with Crippen molar-refractivity contribution in [3.63, 3.8) is 0 Å². The molecule has 2 aromatic rings. The maximum absolute atomic E-state index is 13.0. The monoisotopic (exact) mass is 407 g/mol. The maximum atomic E-state index is 13.0. The van der Waals surface area contributed by atoms with Crippen molar-refractivity contribution in [3.8, 4) is 5.75 Å². The summed E-state index contributed by atoms with van der Waals surface area (Å²) in [6.45, 7) is 1.98. The highest BCUT2D eigenvalue weighted by molar-refractivity contribution is 6.38. The lowest BCUT2D eigenvalue weighted by atomic mass is 9.90. The third kappa shape index (κ3) is 3.81. The predicted molar refractivity (Wildman–Crippen MR) is 105 cm³/mol. The Hall–Kier alpha value is -2.08. The molecule has 7 heteroatoms. The third-order valence-electron chi connectivity index (χ3n) is 4.40. The van der Waals surface area contributed by atoms with Crippen molar-refractivity contribution < 1.29 is 19.4 Å². The van der Waals surface area contributed by atoms with Crippen LogP contribution in [0.4, 0.5) is 5.69 Å².